The Morgan fingerprint density at radius 3 is 2.38 bits per heavy atom. The van der Waals surface area contributed by atoms with Gasteiger partial charge in [-0.15, -0.1) is 0 Å². The van der Waals surface area contributed by atoms with E-state index in [1.807, 2.05) is 30.3 Å². The quantitative estimate of drug-likeness (QED) is 0.805. The lowest BCUT2D eigenvalue weighted by molar-refractivity contribution is 0.606. The first-order chi connectivity index (χ1) is 10.1. The van der Waals surface area contributed by atoms with Crippen molar-refractivity contribution in [3.05, 3.63) is 47.2 Å². The number of anilines is 2. The van der Waals surface area contributed by atoms with Crippen LogP contribution >= 0.6 is 11.6 Å². The van der Waals surface area contributed by atoms with Gasteiger partial charge in [-0.3, -0.25) is 0 Å². The Bertz CT molecular complexity index is 554. The number of aromatic nitrogens is 2. The first-order valence-electron chi connectivity index (χ1n) is 7.17. The van der Waals surface area contributed by atoms with Gasteiger partial charge >= 0.3 is 0 Å². The van der Waals surface area contributed by atoms with E-state index in [9.17, 15) is 0 Å². The molecule has 0 radical (unpaired) electrons. The van der Waals surface area contributed by atoms with Crippen LogP contribution in [-0.4, -0.2) is 16.5 Å². The van der Waals surface area contributed by atoms with Crippen LogP contribution in [0.4, 0.5) is 11.6 Å². The van der Waals surface area contributed by atoms with Crippen LogP contribution in [0, 0.1) is 5.92 Å². The summed E-state index contributed by atoms with van der Waals surface area (Å²) in [6.45, 7) is 6.05. The van der Waals surface area contributed by atoms with Gasteiger partial charge in [0.25, 0.3) is 0 Å². The average Bonchev–Trinajstić information content (AvgIpc) is 2.47. The molecule has 0 unspecified atom stereocenters. The summed E-state index contributed by atoms with van der Waals surface area (Å²) in [6, 6.07) is 9.70. The number of halogens is 1. The molecule has 2 N–H and O–H groups in total. The van der Waals surface area contributed by atoms with Gasteiger partial charge in [0.05, 0.1) is 0 Å². The Balaban J connectivity index is 1.87. The van der Waals surface area contributed by atoms with Gasteiger partial charge < -0.3 is 10.6 Å². The summed E-state index contributed by atoms with van der Waals surface area (Å²) in [7, 11) is 0. The molecule has 0 aliphatic rings. The molecule has 1 aromatic heterocycles. The molecule has 0 fully saturated rings. The lowest BCUT2D eigenvalue weighted by atomic mass is 10.1. The second kappa shape index (κ2) is 7.84. The number of nitrogens with one attached hydrogen (secondary N) is 2. The number of nitrogens with zero attached hydrogens (tertiary/aromatic N) is 2. The fraction of sp³-hybridized carbons (Fsp3) is 0.375. The zero-order valence-electron chi connectivity index (χ0n) is 12.4. The Morgan fingerprint density at radius 2 is 1.71 bits per heavy atom. The molecule has 2 aromatic rings. The van der Waals surface area contributed by atoms with Gasteiger partial charge in [-0.2, -0.15) is 0 Å². The second-order valence-corrected chi connectivity index (χ2v) is 5.81. The normalized spacial score (nSPS) is 10.7. The van der Waals surface area contributed by atoms with Crippen molar-refractivity contribution in [2.75, 3.05) is 17.2 Å². The van der Waals surface area contributed by atoms with Crippen LogP contribution in [0.15, 0.2) is 36.7 Å². The van der Waals surface area contributed by atoms with E-state index < -0.39 is 0 Å². The Labute approximate surface area is 131 Å². The van der Waals surface area contributed by atoms with E-state index in [-0.39, 0.29) is 0 Å². The molecule has 1 heterocycles. The SMILES string of the molecule is CC(C)CCNc1cc(NCc2ccc(Cl)cc2)ncn1. The van der Waals surface area contributed by atoms with Crippen LogP contribution in [0.1, 0.15) is 25.8 Å². The molecule has 21 heavy (non-hydrogen) atoms. The molecule has 0 atom stereocenters. The van der Waals surface area contributed by atoms with E-state index >= 15 is 0 Å². The van der Waals surface area contributed by atoms with Crippen LogP contribution < -0.4 is 10.6 Å². The summed E-state index contributed by atoms with van der Waals surface area (Å²) in [5.74, 6) is 2.35. The minimum Gasteiger partial charge on any atom is -0.370 e. The zero-order valence-corrected chi connectivity index (χ0v) is 13.2. The molecule has 0 aliphatic heterocycles. The third-order valence-corrected chi connectivity index (χ3v) is 3.33. The molecule has 0 saturated heterocycles. The van der Waals surface area contributed by atoms with E-state index in [0.717, 1.165) is 35.2 Å². The van der Waals surface area contributed by atoms with E-state index in [2.05, 4.69) is 34.4 Å². The zero-order chi connectivity index (χ0) is 15.1. The summed E-state index contributed by atoms with van der Waals surface area (Å²) in [5, 5.41) is 7.35. The van der Waals surface area contributed by atoms with E-state index in [1.165, 1.54) is 0 Å². The maximum Gasteiger partial charge on any atom is 0.131 e. The highest BCUT2D eigenvalue weighted by molar-refractivity contribution is 6.30. The Kier molecular flexibility index (Phi) is 5.81. The number of hydrogen-bond acceptors (Lipinski definition) is 4. The molecule has 0 spiro atoms. The van der Waals surface area contributed by atoms with Crippen molar-refractivity contribution in [1.82, 2.24) is 9.97 Å². The maximum absolute atomic E-state index is 5.87. The monoisotopic (exact) mass is 304 g/mol. The molecule has 2 rings (SSSR count). The minimum absolute atomic E-state index is 0.682. The molecule has 112 valence electrons. The van der Waals surface area contributed by atoms with E-state index in [0.29, 0.717) is 12.5 Å². The van der Waals surface area contributed by atoms with Crippen molar-refractivity contribution in [2.45, 2.75) is 26.8 Å². The Morgan fingerprint density at radius 1 is 1.05 bits per heavy atom. The summed E-state index contributed by atoms with van der Waals surface area (Å²) in [5.41, 5.74) is 1.16. The molecule has 0 saturated carbocycles. The third kappa shape index (κ3) is 5.60. The van der Waals surface area contributed by atoms with Gasteiger partial charge in [0.2, 0.25) is 0 Å². The number of rotatable bonds is 7. The molecule has 0 aliphatic carbocycles. The fourth-order valence-corrected chi connectivity index (χ4v) is 1.96. The van der Waals surface area contributed by atoms with Crippen molar-refractivity contribution < 1.29 is 0 Å². The van der Waals surface area contributed by atoms with Crippen LogP contribution in [-0.2, 0) is 6.54 Å². The standard InChI is InChI=1S/C16H21ClN4/c1-12(2)7-8-18-15-9-16(21-11-20-15)19-10-13-3-5-14(17)6-4-13/h3-6,9,11-12H,7-8,10H2,1-2H3,(H2,18,19,20,21). The van der Waals surface area contributed by atoms with Gasteiger partial charge in [0, 0.05) is 24.2 Å². The van der Waals surface area contributed by atoms with Crippen molar-refractivity contribution in [2.24, 2.45) is 5.92 Å². The number of hydrogen-bond donors (Lipinski definition) is 2. The van der Waals surface area contributed by atoms with Crippen LogP contribution in [0.5, 0.6) is 0 Å². The Hall–Kier alpha value is -1.81. The van der Waals surface area contributed by atoms with Crippen LogP contribution in [0.25, 0.3) is 0 Å². The topological polar surface area (TPSA) is 49.8 Å². The average molecular weight is 305 g/mol. The molecular formula is C16H21ClN4. The van der Waals surface area contributed by atoms with Crippen LogP contribution in [0.3, 0.4) is 0 Å². The molecule has 4 nitrogen and oxygen atoms in total. The van der Waals surface area contributed by atoms with E-state index in [4.69, 9.17) is 11.6 Å². The van der Waals surface area contributed by atoms with Crippen molar-refractivity contribution in [3.8, 4) is 0 Å². The summed E-state index contributed by atoms with van der Waals surface area (Å²) in [6.07, 6.45) is 2.69. The van der Waals surface area contributed by atoms with Gasteiger partial charge in [0.1, 0.15) is 18.0 Å². The highest BCUT2D eigenvalue weighted by Gasteiger charge is 2.00. The first kappa shape index (κ1) is 15.6. The lowest BCUT2D eigenvalue weighted by Crippen LogP contribution is -2.07. The fourth-order valence-electron chi connectivity index (χ4n) is 1.83. The number of benzene rings is 1. The molecule has 1 aromatic carbocycles. The smallest absolute Gasteiger partial charge is 0.131 e. The van der Waals surface area contributed by atoms with Crippen molar-refractivity contribution in [3.63, 3.8) is 0 Å². The summed E-state index contributed by atoms with van der Waals surface area (Å²) in [4.78, 5) is 8.45. The van der Waals surface area contributed by atoms with Gasteiger partial charge in [-0.25, -0.2) is 9.97 Å². The predicted octanol–water partition coefficient (Wildman–Crippen LogP) is 4.20. The van der Waals surface area contributed by atoms with Gasteiger partial charge in [0.15, 0.2) is 0 Å². The lowest BCUT2D eigenvalue weighted by Gasteiger charge is -2.09. The largest absolute Gasteiger partial charge is 0.370 e. The third-order valence-electron chi connectivity index (χ3n) is 3.08. The first-order valence-corrected chi connectivity index (χ1v) is 7.55. The van der Waals surface area contributed by atoms with Crippen LogP contribution in [0.2, 0.25) is 5.02 Å². The molecule has 5 heteroatoms. The molecule has 0 amide bonds. The highest BCUT2D eigenvalue weighted by Crippen LogP contribution is 2.13. The predicted molar refractivity (Wildman–Crippen MR) is 88.8 cm³/mol. The molecular weight excluding hydrogens is 284 g/mol. The van der Waals surface area contributed by atoms with Crippen molar-refractivity contribution >= 4 is 23.2 Å². The summed E-state index contributed by atoms with van der Waals surface area (Å²) >= 11 is 5.87. The molecule has 0 bridgehead atoms. The summed E-state index contributed by atoms with van der Waals surface area (Å²) < 4.78 is 0. The highest BCUT2D eigenvalue weighted by atomic mass is 35.5. The van der Waals surface area contributed by atoms with Gasteiger partial charge in [-0.05, 0) is 30.0 Å². The second-order valence-electron chi connectivity index (χ2n) is 5.38. The van der Waals surface area contributed by atoms with Gasteiger partial charge in [-0.1, -0.05) is 37.6 Å². The maximum atomic E-state index is 5.87. The van der Waals surface area contributed by atoms with Crippen molar-refractivity contribution in [1.29, 1.82) is 0 Å². The minimum atomic E-state index is 0.682. The van der Waals surface area contributed by atoms with E-state index in [1.54, 1.807) is 6.33 Å².